The zero-order valence-electron chi connectivity index (χ0n) is 22.5. The van der Waals surface area contributed by atoms with E-state index in [4.69, 9.17) is 4.74 Å². The van der Waals surface area contributed by atoms with Gasteiger partial charge in [-0.25, -0.2) is 9.37 Å². The summed E-state index contributed by atoms with van der Waals surface area (Å²) in [7, 11) is 1.37. The highest BCUT2D eigenvalue weighted by Crippen LogP contribution is 2.47. The van der Waals surface area contributed by atoms with Gasteiger partial charge in [0, 0.05) is 11.9 Å². The van der Waals surface area contributed by atoms with Gasteiger partial charge in [0.05, 0.1) is 28.9 Å². The van der Waals surface area contributed by atoms with E-state index in [1.54, 1.807) is 53.9 Å². The van der Waals surface area contributed by atoms with E-state index in [1.807, 2.05) is 0 Å². The number of amides is 1. The minimum Gasteiger partial charge on any atom is -0.505 e. The number of phenolic OH excluding ortho intramolecular Hbond substituents is 1. The van der Waals surface area contributed by atoms with Gasteiger partial charge in [-0.2, -0.15) is 0 Å². The molecule has 0 spiro atoms. The fraction of sp³-hybridized carbons (Fsp3) is 0.138. The van der Waals surface area contributed by atoms with Crippen LogP contribution in [0.5, 0.6) is 11.5 Å². The summed E-state index contributed by atoms with van der Waals surface area (Å²) in [6, 6.07) is 13.5. The molecule has 1 aliphatic heterocycles. The number of ketones is 1. The summed E-state index contributed by atoms with van der Waals surface area (Å²) in [5.74, 6) is -2.46. The van der Waals surface area contributed by atoms with Crippen LogP contribution < -0.4 is 9.64 Å². The average molecular weight is 683 g/mol. The number of methoxy groups -OCH3 is 1. The molecule has 1 saturated heterocycles. The smallest absolute Gasteiger partial charge is 0.301 e. The van der Waals surface area contributed by atoms with Gasteiger partial charge in [0.1, 0.15) is 17.2 Å². The Labute approximate surface area is 260 Å². The molecule has 1 unspecified atom stereocenters. The number of anilines is 1. The zero-order valence-corrected chi connectivity index (χ0v) is 25.7. The maximum absolute atomic E-state index is 14.2. The van der Waals surface area contributed by atoms with Gasteiger partial charge in [-0.15, -0.1) is 10.2 Å². The summed E-state index contributed by atoms with van der Waals surface area (Å²) < 4.78 is 21.8. The van der Waals surface area contributed by atoms with Gasteiger partial charge in [0.25, 0.3) is 5.78 Å². The predicted octanol–water partition coefficient (Wildman–Crippen LogP) is 6.03. The molecule has 1 aliphatic rings. The van der Waals surface area contributed by atoms with E-state index in [-0.39, 0.29) is 43.9 Å². The van der Waals surface area contributed by atoms with Crippen molar-refractivity contribution in [2.24, 2.45) is 0 Å². The highest BCUT2D eigenvalue weighted by molar-refractivity contribution is 9.10. The van der Waals surface area contributed by atoms with Gasteiger partial charge in [0.15, 0.2) is 21.6 Å². The van der Waals surface area contributed by atoms with E-state index < -0.39 is 23.5 Å². The molecular formula is C29H21BrFN5O5S2. The number of imidazole rings is 1. The number of hydrogen-bond donors (Lipinski definition) is 2. The number of Topliss-reactive ketones (excluding diaryl/α,β-unsaturated/α-hetero) is 1. The number of pyridine rings is 1. The number of aryl methyl sites for hydroxylation is 1. The van der Waals surface area contributed by atoms with E-state index in [9.17, 15) is 24.2 Å². The molecule has 0 aliphatic carbocycles. The van der Waals surface area contributed by atoms with Crippen LogP contribution in [0.25, 0.3) is 11.4 Å². The normalized spacial score (nSPS) is 16.4. The highest BCUT2D eigenvalue weighted by atomic mass is 79.9. The first-order valence-electron chi connectivity index (χ1n) is 12.7. The number of carbonyl (C=O) groups is 2. The second-order valence-electron chi connectivity index (χ2n) is 9.43. The van der Waals surface area contributed by atoms with Gasteiger partial charge in [-0.05, 0) is 64.3 Å². The molecule has 10 nitrogen and oxygen atoms in total. The van der Waals surface area contributed by atoms with Crippen LogP contribution in [0.2, 0.25) is 0 Å². The SMILES string of the molecule is COc1cc(C2C(=C(O)c3c(C)nc4ccccn34)C(=O)C(=O)N2c2nnc(SCc3ccccc3F)s2)cc(Br)c1O. The van der Waals surface area contributed by atoms with E-state index in [1.165, 1.54) is 37.1 Å². The van der Waals surface area contributed by atoms with Crippen molar-refractivity contribution in [2.75, 3.05) is 12.0 Å². The Morgan fingerprint density at radius 3 is 2.70 bits per heavy atom. The number of halogens is 2. The van der Waals surface area contributed by atoms with Gasteiger partial charge >= 0.3 is 5.91 Å². The summed E-state index contributed by atoms with van der Waals surface area (Å²) in [6.45, 7) is 1.69. The number of thioether (sulfide) groups is 1. The molecule has 2 aromatic carbocycles. The summed E-state index contributed by atoms with van der Waals surface area (Å²) >= 11 is 5.60. The monoisotopic (exact) mass is 681 g/mol. The number of aromatic hydroxyl groups is 1. The maximum atomic E-state index is 14.2. The van der Waals surface area contributed by atoms with Gasteiger partial charge in [-0.1, -0.05) is 47.4 Å². The highest BCUT2D eigenvalue weighted by Gasteiger charge is 2.49. The van der Waals surface area contributed by atoms with Crippen LogP contribution >= 0.6 is 39.0 Å². The Balaban J connectivity index is 1.49. The number of benzene rings is 2. The number of carbonyl (C=O) groups excluding carboxylic acids is 2. The van der Waals surface area contributed by atoms with Crippen molar-refractivity contribution in [3.63, 3.8) is 0 Å². The van der Waals surface area contributed by atoms with Crippen molar-refractivity contribution >= 4 is 67.3 Å². The Morgan fingerprint density at radius 1 is 1.16 bits per heavy atom. The standard InChI is InChI=1S/C29H21BrFN5O5S2/c1-14-22(35-10-6-5-9-20(35)32-14)25(38)21-23(16-11-17(30)24(37)19(12-16)41-2)36(27(40)26(21)39)28-33-34-29(43-28)42-13-15-7-3-4-8-18(15)31/h3-12,23,37-38H,13H2,1-2H3. The van der Waals surface area contributed by atoms with Crippen LogP contribution in [0.3, 0.4) is 0 Å². The van der Waals surface area contributed by atoms with Crippen molar-refractivity contribution < 1.29 is 28.9 Å². The topological polar surface area (TPSA) is 130 Å². The Hall–Kier alpha value is -4.27. The average Bonchev–Trinajstić information content (AvgIpc) is 3.67. The number of aromatic nitrogens is 4. The summed E-state index contributed by atoms with van der Waals surface area (Å²) in [5, 5.41) is 30.6. The minimum atomic E-state index is -1.17. The van der Waals surface area contributed by atoms with Gasteiger partial charge in [-0.3, -0.25) is 18.9 Å². The lowest BCUT2D eigenvalue weighted by molar-refractivity contribution is -0.132. The number of phenols is 1. The van der Waals surface area contributed by atoms with E-state index in [0.717, 1.165) is 16.2 Å². The summed E-state index contributed by atoms with van der Waals surface area (Å²) in [5.41, 5.74) is 1.87. The second-order valence-corrected chi connectivity index (χ2v) is 12.5. The van der Waals surface area contributed by atoms with Crippen LogP contribution in [0.1, 0.15) is 28.6 Å². The molecule has 1 fully saturated rings. The Bertz CT molecular complexity index is 1960. The van der Waals surface area contributed by atoms with Gasteiger partial charge < -0.3 is 14.9 Å². The molecule has 0 saturated carbocycles. The van der Waals surface area contributed by atoms with Crippen LogP contribution in [0.15, 0.2) is 75.2 Å². The number of hydrogen-bond acceptors (Lipinski definition) is 10. The molecule has 1 atom stereocenters. The van der Waals surface area contributed by atoms with Crippen molar-refractivity contribution in [1.29, 1.82) is 0 Å². The molecule has 218 valence electrons. The first-order chi connectivity index (χ1) is 20.7. The number of rotatable bonds is 7. The molecule has 1 amide bonds. The molecule has 4 heterocycles. The third-order valence-electron chi connectivity index (χ3n) is 6.87. The lowest BCUT2D eigenvalue weighted by Crippen LogP contribution is -2.29. The quantitative estimate of drug-likeness (QED) is 0.0695. The second kappa shape index (κ2) is 11.4. The number of nitrogens with zero attached hydrogens (tertiary/aromatic N) is 5. The molecule has 6 rings (SSSR count). The largest absolute Gasteiger partial charge is 0.505 e. The fourth-order valence-electron chi connectivity index (χ4n) is 4.89. The molecule has 0 radical (unpaired) electrons. The fourth-order valence-corrected chi connectivity index (χ4v) is 7.21. The zero-order chi connectivity index (χ0) is 30.4. The van der Waals surface area contributed by atoms with Crippen LogP contribution in [0.4, 0.5) is 9.52 Å². The minimum absolute atomic E-state index is 0.0827. The molecular weight excluding hydrogens is 661 g/mol. The van der Waals surface area contributed by atoms with Crippen molar-refractivity contribution in [3.05, 3.63) is 99.2 Å². The molecule has 43 heavy (non-hydrogen) atoms. The molecule has 0 bridgehead atoms. The third-order valence-corrected chi connectivity index (χ3v) is 9.58. The van der Waals surface area contributed by atoms with Crippen LogP contribution in [-0.4, -0.2) is 48.6 Å². The summed E-state index contributed by atoms with van der Waals surface area (Å²) in [4.78, 5) is 33.0. The summed E-state index contributed by atoms with van der Waals surface area (Å²) in [6.07, 6.45) is 1.69. The third kappa shape index (κ3) is 5.04. The van der Waals surface area contributed by atoms with Crippen LogP contribution in [0, 0.1) is 12.7 Å². The molecule has 14 heteroatoms. The lowest BCUT2D eigenvalue weighted by atomic mass is 9.96. The first-order valence-corrected chi connectivity index (χ1v) is 15.3. The van der Waals surface area contributed by atoms with Gasteiger partial charge in [0.2, 0.25) is 5.13 Å². The number of aliphatic hydroxyl groups is 1. The molecule has 2 N–H and O–H groups in total. The molecule has 3 aromatic heterocycles. The molecule has 5 aromatic rings. The van der Waals surface area contributed by atoms with Crippen molar-refractivity contribution in [3.8, 4) is 11.5 Å². The Morgan fingerprint density at radius 2 is 1.93 bits per heavy atom. The number of ether oxygens (including phenoxy) is 1. The van der Waals surface area contributed by atoms with E-state index in [0.29, 0.717) is 26.8 Å². The lowest BCUT2D eigenvalue weighted by Gasteiger charge is -2.23. The number of aliphatic hydroxyl groups excluding tert-OH is 1. The first kappa shape index (κ1) is 28.8. The van der Waals surface area contributed by atoms with E-state index >= 15 is 0 Å². The number of fused-ring (bicyclic) bond motifs is 1. The maximum Gasteiger partial charge on any atom is 0.301 e. The van der Waals surface area contributed by atoms with Crippen LogP contribution in [-0.2, 0) is 15.3 Å². The van der Waals surface area contributed by atoms with Crippen molar-refractivity contribution in [1.82, 2.24) is 19.6 Å². The predicted molar refractivity (Wildman–Crippen MR) is 163 cm³/mol. The van der Waals surface area contributed by atoms with Crippen molar-refractivity contribution in [2.45, 2.75) is 23.1 Å². The Kier molecular flexibility index (Phi) is 7.66. The van der Waals surface area contributed by atoms with E-state index in [2.05, 4.69) is 31.1 Å².